The van der Waals surface area contributed by atoms with E-state index >= 15 is 0 Å². The number of anilines is 1. The Morgan fingerprint density at radius 3 is 2.73 bits per heavy atom. The van der Waals surface area contributed by atoms with Crippen LogP contribution in [0.25, 0.3) is 10.9 Å². The van der Waals surface area contributed by atoms with E-state index in [1.807, 2.05) is 17.9 Å². The van der Waals surface area contributed by atoms with Gasteiger partial charge in [0, 0.05) is 38.9 Å². The molecule has 1 amide bonds. The second-order valence-electron chi connectivity index (χ2n) is 6.37. The number of amides is 1. The van der Waals surface area contributed by atoms with E-state index in [1.54, 1.807) is 24.4 Å². The van der Waals surface area contributed by atoms with Gasteiger partial charge in [-0.3, -0.25) is 24.8 Å². The fourth-order valence-electron chi connectivity index (χ4n) is 3.24. The standard InChI is InChI=1S/C18H23N5O3/c1-2-7-20-17(24)13-21-9-11-22(12-10-21)16-6-5-15-14(4-3-8-19-15)18(16)23(25)26/h3-6,8H,2,7,9-13H2,1H3,(H,20,24). The molecule has 1 fully saturated rings. The predicted octanol–water partition coefficient (Wildman–Crippen LogP) is 1.79. The Hall–Kier alpha value is -2.74. The highest BCUT2D eigenvalue weighted by atomic mass is 16.6. The summed E-state index contributed by atoms with van der Waals surface area (Å²) >= 11 is 0. The normalized spacial score (nSPS) is 15.2. The lowest BCUT2D eigenvalue weighted by molar-refractivity contribution is -0.382. The molecular formula is C18H23N5O3. The molecule has 138 valence electrons. The van der Waals surface area contributed by atoms with Gasteiger partial charge in [0.1, 0.15) is 5.69 Å². The van der Waals surface area contributed by atoms with Crippen LogP contribution in [0.2, 0.25) is 0 Å². The monoisotopic (exact) mass is 357 g/mol. The summed E-state index contributed by atoms with van der Waals surface area (Å²) in [6, 6.07) is 7.05. The fourth-order valence-corrected chi connectivity index (χ4v) is 3.24. The number of pyridine rings is 1. The fraction of sp³-hybridized carbons (Fsp3) is 0.444. The largest absolute Gasteiger partial charge is 0.363 e. The number of benzene rings is 1. The first kappa shape index (κ1) is 18.1. The van der Waals surface area contributed by atoms with Gasteiger partial charge in [0.25, 0.3) is 0 Å². The second-order valence-corrected chi connectivity index (χ2v) is 6.37. The molecule has 0 atom stereocenters. The molecule has 0 radical (unpaired) electrons. The Kier molecular flexibility index (Phi) is 5.62. The highest BCUT2D eigenvalue weighted by Crippen LogP contribution is 2.35. The molecule has 1 aliphatic rings. The Labute approximate surface area is 151 Å². The summed E-state index contributed by atoms with van der Waals surface area (Å²) in [4.78, 5) is 31.5. The number of piperazine rings is 1. The Morgan fingerprint density at radius 1 is 1.27 bits per heavy atom. The number of nitrogens with zero attached hydrogens (tertiary/aromatic N) is 4. The summed E-state index contributed by atoms with van der Waals surface area (Å²) < 4.78 is 0. The first-order valence-corrected chi connectivity index (χ1v) is 8.86. The smallest absolute Gasteiger partial charge is 0.301 e. The highest BCUT2D eigenvalue weighted by Gasteiger charge is 2.26. The number of hydrogen-bond acceptors (Lipinski definition) is 6. The van der Waals surface area contributed by atoms with E-state index in [-0.39, 0.29) is 16.5 Å². The first-order valence-electron chi connectivity index (χ1n) is 8.86. The minimum Gasteiger partial charge on any atom is -0.363 e. The average molecular weight is 357 g/mol. The molecule has 0 bridgehead atoms. The number of hydrogen-bond donors (Lipinski definition) is 1. The highest BCUT2D eigenvalue weighted by molar-refractivity contribution is 5.94. The second kappa shape index (κ2) is 8.09. The lowest BCUT2D eigenvalue weighted by Crippen LogP contribution is -2.49. The van der Waals surface area contributed by atoms with E-state index in [9.17, 15) is 14.9 Å². The van der Waals surface area contributed by atoms with E-state index in [1.165, 1.54) is 0 Å². The Morgan fingerprint density at radius 2 is 2.04 bits per heavy atom. The lowest BCUT2D eigenvalue weighted by Gasteiger charge is -2.35. The number of fused-ring (bicyclic) bond motifs is 1. The number of aromatic nitrogens is 1. The van der Waals surface area contributed by atoms with E-state index in [4.69, 9.17) is 0 Å². The zero-order valence-corrected chi connectivity index (χ0v) is 14.9. The maximum absolute atomic E-state index is 11.8. The number of carbonyl (C=O) groups is 1. The molecule has 26 heavy (non-hydrogen) atoms. The maximum Gasteiger partial charge on any atom is 0.301 e. The van der Waals surface area contributed by atoms with Crippen molar-refractivity contribution in [1.29, 1.82) is 0 Å². The van der Waals surface area contributed by atoms with E-state index < -0.39 is 0 Å². The molecule has 1 aromatic carbocycles. The summed E-state index contributed by atoms with van der Waals surface area (Å²) in [5.41, 5.74) is 1.34. The van der Waals surface area contributed by atoms with Gasteiger partial charge in [-0.25, -0.2) is 0 Å². The average Bonchev–Trinajstić information content (AvgIpc) is 2.66. The van der Waals surface area contributed by atoms with Gasteiger partial charge < -0.3 is 10.2 Å². The summed E-state index contributed by atoms with van der Waals surface area (Å²) in [6.07, 6.45) is 2.55. The third kappa shape index (κ3) is 3.91. The zero-order chi connectivity index (χ0) is 18.5. The maximum atomic E-state index is 11.8. The topological polar surface area (TPSA) is 91.6 Å². The van der Waals surface area contributed by atoms with Crippen molar-refractivity contribution in [3.63, 3.8) is 0 Å². The summed E-state index contributed by atoms with van der Waals surface area (Å²) in [5, 5.41) is 15.1. The molecular weight excluding hydrogens is 334 g/mol. The molecule has 2 aromatic rings. The van der Waals surface area contributed by atoms with Crippen molar-refractivity contribution >= 4 is 28.2 Å². The van der Waals surface area contributed by atoms with Crippen molar-refractivity contribution in [3.05, 3.63) is 40.6 Å². The van der Waals surface area contributed by atoms with Crippen LogP contribution < -0.4 is 10.2 Å². The van der Waals surface area contributed by atoms with Crippen molar-refractivity contribution in [2.24, 2.45) is 0 Å². The van der Waals surface area contributed by atoms with Gasteiger partial charge in [-0.1, -0.05) is 6.92 Å². The van der Waals surface area contributed by atoms with E-state index in [0.29, 0.717) is 55.9 Å². The molecule has 0 aliphatic carbocycles. The van der Waals surface area contributed by atoms with Gasteiger partial charge in [-0.15, -0.1) is 0 Å². The quantitative estimate of drug-likeness (QED) is 0.626. The molecule has 1 saturated heterocycles. The van der Waals surface area contributed by atoms with Crippen LogP contribution in [0.5, 0.6) is 0 Å². The minimum absolute atomic E-state index is 0.0306. The third-order valence-corrected chi connectivity index (χ3v) is 4.57. The van der Waals surface area contributed by atoms with Gasteiger partial charge in [-0.05, 0) is 30.7 Å². The van der Waals surface area contributed by atoms with Crippen molar-refractivity contribution in [2.45, 2.75) is 13.3 Å². The Balaban J connectivity index is 1.72. The lowest BCUT2D eigenvalue weighted by atomic mass is 10.1. The third-order valence-electron chi connectivity index (χ3n) is 4.57. The number of rotatable bonds is 6. The van der Waals surface area contributed by atoms with E-state index in [0.717, 1.165) is 6.42 Å². The summed E-state index contributed by atoms with van der Waals surface area (Å²) in [6.45, 7) is 5.77. The number of nitro groups is 1. The van der Waals surface area contributed by atoms with Crippen molar-refractivity contribution in [2.75, 3.05) is 44.2 Å². The molecule has 0 unspecified atom stereocenters. The van der Waals surface area contributed by atoms with Crippen LogP contribution in [0, 0.1) is 10.1 Å². The van der Waals surface area contributed by atoms with Crippen LogP contribution in [0.15, 0.2) is 30.5 Å². The number of nitrogens with one attached hydrogen (secondary N) is 1. The number of nitro benzene ring substituents is 1. The van der Waals surface area contributed by atoms with E-state index in [2.05, 4.69) is 15.2 Å². The molecule has 8 nitrogen and oxygen atoms in total. The van der Waals surface area contributed by atoms with Crippen LogP contribution >= 0.6 is 0 Å². The van der Waals surface area contributed by atoms with Crippen LogP contribution in [-0.2, 0) is 4.79 Å². The van der Waals surface area contributed by atoms with Gasteiger partial charge in [-0.2, -0.15) is 0 Å². The molecule has 1 N–H and O–H groups in total. The van der Waals surface area contributed by atoms with Gasteiger partial charge in [0.05, 0.1) is 22.4 Å². The molecule has 0 spiro atoms. The van der Waals surface area contributed by atoms with Crippen molar-refractivity contribution in [1.82, 2.24) is 15.2 Å². The van der Waals surface area contributed by atoms with Crippen LogP contribution in [-0.4, -0.2) is 60.0 Å². The SMILES string of the molecule is CCCNC(=O)CN1CCN(c2ccc3ncccc3c2[N+](=O)[O-])CC1. The summed E-state index contributed by atoms with van der Waals surface area (Å²) in [7, 11) is 0. The molecule has 2 heterocycles. The predicted molar refractivity (Wildman–Crippen MR) is 100 cm³/mol. The molecule has 0 saturated carbocycles. The summed E-state index contributed by atoms with van der Waals surface area (Å²) in [5.74, 6) is 0.0306. The van der Waals surface area contributed by atoms with Crippen LogP contribution in [0.1, 0.15) is 13.3 Å². The molecule has 3 rings (SSSR count). The molecule has 8 heteroatoms. The number of carbonyl (C=O) groups excluding carboxylic acids is 1. The van der Waals surface area contributed by atoms with Crippen molar-refractivity contribution < 1.29 is 9.72 Å². The van der Waals surface area contributed by atoms with Gasteiger partial charge >= 0.3 is 5.69 Å². The van der Waals surface area contributed by atoms with Crippen molar-refractivity contribution in [3.8, 4) is 0 Å². The minimum atomic E-state index is -0.329. The van der Waals surface area contributed by atoms with Crippen LogP contribution in [0.4, 0.5) is 11.4 Å². The molecule has 1 aliphatic heterocycles. The Bertz CT molecular complexity index is 803. The first-order chi connectivity index (χ1) is 12.6. The molecule has 1 aromatic heterocycles. The van der Waals surface area contributed by atoms with Crippen LogP contribution in [0.3, 0.4) is 0 Å². The zero-order valence-electron chi connectivity index (χ0n) is 14.9. The van der Waals surface area contributed by atoms with Gasteiger partial charge in [0.15, 0.2) is 0 Å². The van der Waals surface area contributed by atoms with Gasteiger partial charge in [0.2, 0.25) is 5.91 Å².